The van der Waals surface area contributed by atoms with E-state index in [4.69, 9.17) is 14.1 Å². The van der Waals surface area contributed by atoms with Gasteiger partial charge in [0.2, 0.25) is 0 Å². The number of ether oxygens (including phenoxy) is 1. The molecule has 0 bridgehead atoms. The second-order valence-corrected chi connectivity index (χ2v) is 9.95. The van der Waals surface area contributed by atoms with Crippen molar-refractivity contribution in [2.45, 2.75) is 58.3 Å². The van der Waals surface area contributed by atoms with E-state index in [1.165, 1.54) is 5.56 Å². The number of hydrogen-bond acceptors (Lipinski definition) is 5. The Morgan fingerprint density at radius 3 is 2.83 bits per heavy atom. The zero-order valence-electron chi connectivity index (χ0n) is 17.0. The third-order valence-corrected chi connectivity index (χ3v) is 7.57. The summed E-state index contributed by atoms with van der Waals surface area (Å²) in [6.45, 7) is 4.71. The molecule has 4 unspecified atom stereocenters. The Bertz CT molecular complexity index is 954. The maximum absolute atomic E-state index is 12.6. The summed E-state index contributed by atoms with van der Waals surface area (Å²) >= 11 is 0. The monoisotopic (exact) mass is 419 g/mol. The Balaban J connectivity index is 1.56. The number of aryl methyl sites for hydroxylation is 1. The van der Waals surface area contributed by atoms with Gasteiger partial charge >= 0.3 is 16.3 Å². The van der Waals surface area contributed by atoms with Crippen LogP contribution >= 0.6 is 0 Å². The Morgan fingerprint density at radius 1 is 1.31 bits per heavy atom. The van der Waals surface area contributed by atoms with E-state index >= 15 is 0 Å². The lowest BCUT2D eigenvalue weighted by atomic mass is 9.54. The Kier molecular flexibility index (Phi) is 5.23. The molecule has 0 saturated heterocycles. The zero-order chi connectivity index (χ0) is 20.8. The van der Waals surface area contributed by atoms with E-state index in [-0.39, 0.29) is 17.1 Å². The lowest BCUT2D eigenvalue weighted by molar-refractivity contribution is -0.141. The molecule has 158 valence electrons. The van der Waals surface area contributed by atoms with Gasteiger partial charge in [-0.2, -0.15) is 13.6 Å². The molecule has 3 aliphatic rings. The average Bonchev–Trinajstić information content (AvgIpc) is 3.01. The molecule has 1 aromatic rings. The first-order chi connectivity index (χ1) is 13.7. The molecule has 2 N–H and O–H groups in total. The second kappa shape index (κ2) is 7.43. The van der Waals surface area contributed by atoms with Gasteiger partial charge in [0, 0.05) is 11.0 Å². The van der Waals surface area contributed by atoms with Crippen LogP contribution in [-0.2, 0) is 26.3 Å². The van der Waals surface area contributed by atoms with Gasteiger partial charge in [-0.3, -0.25) is 0 Å². The van der Waals surface area contributed by atoms with E-state index in [1.807, 2.05) is 19.1 Å². The van der Waals surface area contributed by atoms with Gasteiger partial charge in [-0.1, -0.05) is 26.0 Å². The van der Waals surface area contributed by atoms with Crippen LogP contribution in [0.15, 0.2) is 29.8 Å². The first-order valence-electron chi connectivity index (χ1n) is 10.5. The standard InChI is InChI=1S/C22H29NO5S/c1-3-12-27-21(24)20-9-8-19-18-6-4-14-13-15(28-29(23,25)26)5-7-16(14)17(18)10-11-22(19,20)2/h5,7,9,13,17-19H,3-4,6,8,10-12H2,1-2H3,(H2,23,25,26). The van der Waals surface area contributed by atoms with Crippen molar-refractivity contribution in [3.63, 3.8) is 0 Å². The summed E-state index contributed by atoms with van der Waals surface area (Å²) in [5, 5.41) is 5.00. The minimum absolute atomic E-state index is 0.111. The number of carbonyl (C=O) groups is 1. The van der Waals surface area contributed by atoms with Gasteiger partial charge in [0.15, 0.2) is 0 Å². The topological polar surface area (TPSA) is 95.7 Å². The van der Waals surface area contributed by atoms with Gasteiger partial charge < -0.3 is 8.92 Å². The summed E-state index contributed by atoms with van der Waals surface area (Å²) in [7, 11) is -4.02. The number of carbonyl (C=O) groups excluding carboxylic acids is 1. The molecule has 4 atom stereocenters. The Labute approximate surface area is 172 Å². The molecule has 0 spiro atoms. The van der Waals surface area contributed by atoms with Crippen molar-refractivity contribution in [1.82, 2.24) is 0 Å². The highest BCUT2D eigenvalue weighted by Crippen LogP contribution is 2.61. The largest absolute Gasteiger partial charge is 0.462 e. The number of fused-ring (bicyclic) bond motifs is 5. The number of hydrogen-bond donors (Lipinski definition) is 1. The summed E-state index contributed by atoms with van der Waals surface area (Å²) in [4.78, 5) is 12.6. The van der Waals surface area contributed by atoms with E-state index in [0.717, 1.165) is 49.7 Å². The van der Waals surface area contributed by atoms with Gasteiger partial charge in [0.25, 0.3) is 0 Å². The number of allylic oxidation sites excluding steroid dienone is 1. The summed E-state index contributed by atoms with van der Waals surface area (Å²) in [5.74, 6) is 1.52. The molecule has 1 aromatic carbocycles. The minimum atomic E-state index is -4.02. The van der Waals surface area contributed by atoms with Crippen LogP contribution < -0.4 is 9.32 Å². The van der Waals surface area contributed by atoms with E-state index in [1.54, 1.807) is 6.07 Å². The van der Waals surface area contributed by atoms with Crippen LogP contribution in [0.3, 0.4) is 0 Å². The van der Waals surface area contributed by atoms with Crippen molar-refractivity contribution in [2.75, 3.05) is 6.61 Å². The third kappa shape index (κ3) is 3.70. The number of rotatable bonds is 5. The molecule has 0 amide bonds. The fourth-order valence-corrected chi connectivity index (χ4v) is 6.27. The van der Waals surface area contributed by atoms with Gasteiger partial charge in [-0.05, 0) is 79.5 Å². The van der Waals surface area contributed by atoms with Crippen LogP contribution in [0.1, 0.15) is 63.0 Å². The average molecular weight is 420 g/mol. The van der Waals surface area contributed by atoms with Gasteiger partial charge in [-0.25, -0.2) is 4.79 Å². The Morgan fingerprint density at radius 2 is 2.10 bits per heavy atom. The lowest BCUT2D eigenvalue weighted by Crippen LogP contribution is -2.42. The molecule has 0 heterocycles. The first-order valence-corrected chi connectivity index (χ1v) is 11.9. The molecule has 6 nitrogen and oxygen atoms in total. The molecule has 4 rings (SSSR count). The highest BCUT2D eigenvalue weighted by molar-refractivity contribution is 7.84. The van der Waals surface area contributed by atoms with E-state index < -0.39 is 10.3 Å². The molecule has 0 radical (unpaired) electrons. The highest BCUT2D eigenvalue weighted by Gasteiger charge is 2.53. The van der Waals surface area contributed by atoms with Gasteiger partial charge in [0.1, 0.15) is 5.75 Å². The van der Waals surface area contributed by atoms with Crippen molar-refractivity contribution in [2.24, 2.45) is 22.4 Å². The molecule has 3 aliphatic carbocycles. The molecule has 1 fully saturated rings. The van der Waals surface area contributed by atoms with E-state index in [0.29, 0.717) is 24.4 Å². The molecular weight excluding hydrogens is 390 g/mol. The maximum atomic E-state index is 12.6. The van der Waals surface area contributed by atoms with E-state index in [2.05, 4.69) is 13.0 Å². The number of benzene rings is 1. The van der Waals surface area contributed by atoms with Crippen LogP contribution in [0.2, 0.25) is 0 Å². The molecular formula is C22H29NO5S. The number of esters is 1. The highest BCUT2D eigenvalue weighted by atomic mass is 32.2. The molecule has 29 heavy (non-hydrogen) atoms. The predicted octanol–water partition coefficient (Wildman–Crippen LogP) is 3.61. The SMILES string of the molecule is CCCOC(=O)C1=CCC2C3CCc4cc(OS(N)(=O)=O)ccc4C3CCC12C. The summed E-state index contributed by atoms with van der Waals surface area (Å²) < 4.78 is 32.7. The summed E-state index contributed by atoms with van der Waals surface area (Å²) in [6, 6.07) is 5.50. The van der Waals surface area contributed by atoms with Crippen LogP contribution in [0.4, 0.5) is 0 Å². The normalized spacial score (nSPS) is 30.6. The molecule has 1 saturated carbocycles. The molecule has 0 aliphatic heterocycles. The number of nitrogens with two attached hydrogens (primary N) is 1. The van der Waals surface area contributed by atoms with Gasteiger partial charge in [-0.15, -0.1) is 0 Å². The van der Waals surface area contributed by atoms with Crippen molar-refractivity contribution in [3.05, 3.63) is 41.0 Å². The van der Waals surface area contributed by atoms with Crippen LogP contribution in [0.25, 0.3) is 0 Å². The van der Waals surface area contributed by atoms with Gasteiger partial charge in [0.05, 0.1) is 6.61 Å². The first kappa shape index (κ1) is 20.4. The maximum Gasteiger partial charge on any atom is 0.380 e. The third-order valence-electron chi connectivity index (χ3n) is 7.15. The Hall–Kier alpha value is -1.86. The summed E-state index contributed by atoms with van der Waals surface area (Å²) in [5.41, 5.74) is 3.19. The smallest absolute Gasteiger partial charge is 0.380 e. The van der Waals surface area contributed by atoms with Crippen LogP contribution in [0, 0.1) is 17.3 Å². The predicted molar refractivity (Wildman–Crippen MR) is 110 cm³/mol. The van der Waals surface area contributed by atoms with Crippen LogP contribution in [-0.4, -0.2) is 21.0 Å². The summed E-state index contributed by atoms with van der Waals surface area (Å²) in [6.07, 6.45) is 7.75. The lowest BCUT2D eigenvalue weighted by Gasteiger charge is -2.50. The van der Waals surface area contributed by atoms with Crippen molar-refractivity contribution < 1.29 is 22.1 Å². The van der Waals surface area contributed by atoms with Crippen molar-refractivity contribution >= 4 is 16.3 Å². The minimum Gasteiger partial charge on any atom is -0.462 e. The molecule has 7 heteroatoms. The quantitative estimate of drug-likeness (QED) is 0.736. The van der Waals surface area contributed by atoms with Crippen molar-refractivity contribution in [1.29, 1.82) is 0 Å². The fraction of sp³-hybridized carbons (Fsp3) is 0.591. The van der Waals surface area contributed by atoms with Crippen molar-refractivity contribution in [3.8, 4) is 5.75 Å². The van der Waals surface area contributed by atoms with E-state index in [9.17, 15) is 13.2 Å². The van der Waals surface area contributed by atoms with Crippen LogP contribution in [0.5, 0.6) is 5.75 Å². The zero-order valence-corrected chi connectivity index (χ0v) is 17.8. The molecule has 0 aromatic heterocycles. The second-order valence-electron chi connectivity index (χ2n) is 8.80. The fourth-order valence-electron chi connectivity index (χ4n) is 5.90.